The molecular weight excluding hydrogens is 311 g/mol. The third-order valence-electron chi connectivity index (χ3n) is 3.92. The number of hydrogen-bond donors (Lipinski definition) is 2. The van der Waals surface area contributed by atoms with Crippen LogP contribution >= 0.6 is 0 Å². The zero-order valence-corrected chi connectivity index (χ0v) is 12.7. The van der Waals surface area contributed by atoms with Crippen LogP contribution in [-0.2, 0) is 11.2 Å². The summed E-state index contributed by atoms with van der Waals surface area (Å²) in [6.45, 7) is 0.209. The molecule has 1 aliphatic carbocycles. The number of aliphatic hydroxyl groups is 1. The second-order valence-electron chi connectivity index (χ2n) is 5.93. The van der Waals surface area contributed by atoms with Crippen LogP contribution in [0.15, 0.2) is 24.3 Å². The lowest BCUT2D eigenvalue weighted by molar-refractivity contribution is -0.274. The molecule has 1 saturated carbocycles. The fraction of sp³-hybridized carbons (Fsp3) is 0.562. The third kappa shape index (κ3) is 6.09. The van der Waals surface area contributed by atoms with Crippen molar-refractivity contribution in [3.05, 3.63) is 29.8 Å². The van der Waals surface area contributed by atoms with Gasteiger partial charge >= 0.3 is 6.36 Å². The Bertz CT molecular complexity index is 522. The van der Waals surface area contributed by atoms with Crippen molar-refractivity contribution in [3.63, 3.8) is 0 Å². The highest BCUT2D eigenvalue weighted by molar-refractivity contribution is 5.78. The number of carbonyl (C=O) groups is 1. The Labute approximate surface area is 132 Å². The Morgan fingerprint density at radius 3 is 2.35 bits per heavy atom. The highest BCUT2D eigenvalue weighted by Crippen LogP contribution is 2.27. The summed E-state index contributed by atoms with van der Waals surface area (Å²) in [4.78, 5) is 11.9. The monoisotopic (exact) mass is 331 g/mol. The minimum Gasteiger partial charge on any atom is -0.406 e. The predicted molar refractivity (Wildman–Crippen MR) is 77.9 cm³/mol. The van der Waals surface area contributed by atoms with E-state index in [0.29, 0.717) is 18.4 Å². The first kappa shape index (κ1) is 17.6. The van der Waals surface area contributed by atoms with Gasteiger partial charge in [-0.15, -0.1) is 13.2 Å². The molecule has 0 saturated heterocycles. The molecule has 1 fully saturated rings. The molecule has 0 radical (unpaired) electrons. The second kappa shape index (κ2) is 7.21. The van der Waals surface area contributed by atoms with Crippen LogP contribution in [0.5, 0.6) is 5.75 Å². The number of amides is 1. The fourth-order valence-corrected chi connectivity index (χ4v) is 2.71. The zero-order chi connectivity index (χ0) is 16.9. The number of ether oxygens (including phenoxy) is 1. The average Bonchev–Trinajstić information content (AvgIpc) is 2.47. The molecule has 4 nitrogen and oxygen atoms in total. The lowest BCUT2D eigenvalue weighted by atomic mass is 9.85. The standard InChI is InChI=1S/C16H20F3NO3/c17-16(18,19)23-13-6-4-12(5-7-13)10-14(21)20-11-15(22)8-2-1-3-9-15/h4-7,22H,1-3,8-11H2,(H,20,21). The van der Waals surface area contributed by atoms with E-state index in [1.54, 1.807) is 0 Å². The van der Waals surface area contributed by atoms with Crippen molar-refractivity contribution >= 4 is 5.91 Å². The lowest BCUT2D eigenvalue weighted by Gasteiger charge is -2.32. The van der Waals surface area contributed by atoms with E-state index in [1.807, 2.05) is 0 Å². The molecule has 7 heteroatoms. The van der Waals surface area contributed by atoms with Crippen LogP contribution in [0.1, 0.15) is 37.7 Å². The minimum atomic E-state index is -4.73. The summed E-state index contributed by atoms with van der Waals surface area (Å²) < 4.78 is 39.9. The number of halogens is 3. The first-order valence-corrected chi connectivity index (χ1v) is 7.60. The number of nitrogens with one attached hydrogen (secondary N) is 1. The van der Waals surface area contributed by atoms with E-state index < -0.39 is 12.0 Å². The molecule has 2 rings (SSSR count). The first-order valence-electron chi connectivity index (χ1n) is 7.60. The van der Waals surface area contributed by atoms with E-state index in [9.17, 15) is 23.1 Å². The Balaban J connectivity index is 1.81. The largest absolute Gasteiger partial charge is 0.573 e. The van der Waals surface area contributed by atoms with E-state index in [1.165, 1.54) is 24.3 Å². The Hall–Kier alpha value is -1.76. The summed E-state index contributed by atoms with van der Waals surface area (Å²) in [6.07, 6.45) is -0.326. The van der Waals surface area contributed by atoms with E-state index in [-0.39, 0.29) is 24.6 Å². The van der Waals surface area contributed by atoms with Crippen molar-refractivity contribution < 1.29 is 27.8 Å². The van der Waals surface area contributed by atoms with Gasteiger partial charge in [0.1, 0.15) is 5.75 Å². The van der Waals surface area contributed by atoms with Crippen LogP contribution in [0.25, 0.3) is 0 Å². The quantitative estimate of drug-likeness (QED) is 0.872. The van der Waals surface area contributed by atoms with Crippen molar-refractivity contribution in [2.24, 2.45) is 0 Å². The number of hydrogen-bond acceptors (Lipinski definition) is 3. The van der Waals surface area contributed by atoms with E-state index in [4.69, 9.17) is 0 Å². The molecule has 0 bridgehead atoms. The molecule has 1 amide bonds. The Kier molecular flexibility index (Phi) is 5.51. The maximum Gasteiger partial charge on any atom is 0.573 e. The number of alkyl halides is 3. The average molecular weight is 331 g/mol. The molecule has 0 heterocycles. The number of carbonyl (C=O) groups excluding carboxylic acids is 1. The molecule has 1 aromatic rings. The van der Waals surface area contributed by atoms with Gasteiger partial charge in [-0.2, -0.15) is 0 Å². The summed E-state index contributed by atoms with van der Waals surface area (Å²) in [6, 6.07) is 5.17. The van der Waals surface area contributed by atoms with Crippen LogP contribution < -0.4 is 10.1 Å². The summed E-state index contributed by atoms with van der Waals surface area (Å²) in [5.74, 6) is -0.591. The van der Waals surface area contributed by atoms with Gasteiger partial charge in [-0.1, -0.05) is 31.4 Å². The molecule has 1 aliphatic rings. The molecule has 0 spiro atoms. The van der Waals surface area contributed by atoms with E-state index in [2.05, 4.69) is 10.1 Å². The van der Waals surface area contributed by atoms with Gasteiger partial charge in [-0.3, -0.25) is 4.79 Å². The molecule has 23 heavy (non-hydrogen) atoms. The number of rotatable bonds is 5. The highest BCUT2D eigenvalue weighted by atomic mass is 19.4. The van der Waals surface area contributed by atoms with Crippen LogP contribution in [0.2, 0.25) is 0 Å². The van der Waals surface area contributed by atoms with Crippen LogP contribution in [0.4, 0.5) is 13.2 Å². The minimum absolute atomic E-state index is 0.0440. The van der Waals surface area contributed by atoms with Crippen molar-refractivity contribution in [2.45, 2.75) is 50.5 Å². The second-order valence-corrected chi connectivity index (χ2v) is 5.93. The van der Waals surface area contributed by atoms with Crippen LogP contribution in [-0.4, -0.2) is 29.5 Å². The zero-order valence-electron chi connectivity index (χ0n) is 12.7. The van der Waals surface area contributed by atoms with Gasteiger partial charge in [0.15, 0.2) is 0 Å². The molecular formula is C16H20F3NO3. The fourth-order valence-electron chi connectivity index (χ4n) is 2.71. The number of benzene rings is 1. The SMILES string of the molecule is O=C(Cc1ccc(OC(F)(F)F)cc1)NCC1(O)CCCCC1. The molecule has 0 aliphatic heterocycles. The summed E-state index contributed by atoms with van der Waals surface area (Å²) >= 11 is 0. The normalized spacial score (nSPS) is 17.6. The summed E-state index contributed by atoms with van der Waals surface area (Å²) in [7, 11) is 0. The van der Waals surface area contributed by atoms with Gasteiger partial charge in [0.05, 0.1) is 12.0 Å². The first-order chi connectivity index (χ1) is 10.8. The summed E-state index contributed by atoms with van der Waals surface area (Å²) in [5.41, 5.74) is -0.258. The van der Waals surface area contributed by atoms with Crippen molar-refractivity contribution in [2.75, 3.05) is 6.54 Å². The smallest absolute Gasteiger partial charge is 0.406 e. The molecule has 0 unspecified atom stereocenters. The maximum atomic E-state index is 12.1. The third-order valence-corrected chi connectivity index (χ3v) is 3.92. The van der Waals surface area contributed by atoms with Gasteiger partial charge in [0.25, 0.3) is 0 Å². The van der Waals surface area contributed by atoms with Gasteiger partial charge in [0.2, 0.25) is 5.91 Å². The molecule has 1 aromatic carbocycles. The van der Waals surface area contributed by atoms with Crippen molar-refractivity contribution in [3.8, 4) is 5.75 Å². The Morgan fingerprint density at radius 2 is 1.78 bits per heavy atom. The molecule has 0 atom stereocenters. The topological polar surface area (TPSA) is 58.6 Å². The molecule has 0 aromatic heterocycles. The highest BCUT2D eigenvalue weighted by Gasteiger charge is 2.31. The summed E-state index contributed by atoms with van der Waals surface area (Å²) in [5, 5.41) is 13.0. The predicted octanol–water partition coefficient (Wildman–Crippen LogP) is 2.94. The van der Waals surface area contributed by atoms with Gasteiger partial charge in [0, 0.05) is 6.54 Å². The van der Waals surface area contributed by atoms with Gasteiger partial charge in [-0.25, -0.2) is 0 Å². The molecule has 128 valence electrons. The lowest BCUT2D eigenvalue weighted by Crippen LogP contribution is -2.44. The van der Waals surface area contributed by atoms with Crippen LogP contribution in [0.3, 0.4) is 0 Å². The van der Waals surface area contributed by atoms with E-state index in [0.717, 1.165) is 19.3 Å². The maximum absolute atomic E-state index is 12.1. The van der Waals surface area contributed by atoms with Gasteiger partial charge < -0.3 is 15.2 Å². The van der Waals surface area contributed by atoms with Crippen molar-refractivity contribution in [1.82, 2.24) is 5.32 Å². The van der Waals surface area contributed by atoms with Crippen molar-refractivity contribution in [1.29, 1.82) is 0 Å². The Morgan fingerprint density at radius 1 is 1.17 bits per heavy atom. The van der Waals surface area contributed by atoms with Gasteiger partial charge in [-0.05, 0) is 30.5 Å². The molecule has 2 N–H and O–H groups in total. The van der Waals surface area contributed by atoms with E-state index >= 15 is 0 Å². The van der Waals surface area contributed by atoms with Crippen LogP contribution in [0, 0.1) is 0 Å².